The zero-order chi connectivity index (χ0) is 23.6. The van der Waals surface area contributed by atoms with Gasteiger partial charge >= 0.3 is 0 Å². The fraction of sp³-hybridized carbons (Fsp3) is 0.296. The molecule has 0 spiro atoms. The molecule has 3 aromatic carbocycles. The second-order valence-corrected chi connectivity index (χ2v) is 8.54. The van der Waals surface area contributed by atoms with Crippen LogP contribution in [0.5, 0.6) is 11.5 Å². The Hall–Kier alpha value is -3.18. The highest BCUT2D eigenvalue weighted by Gasteiger charge is 2.10. The summed E-state index contributed by atoms with van der Waals surface area (Å²) in [6.45, 7) is 8.22. The monoisotopic (exact) mass is 466 g/mol. The summed E-state index contributed by atoms with van der Waals surface area (Å²) >= 11 is 6.23. The van der Waals surface area contributed by atoms with Gasteiger partial charge in [0.05, 0.1) is 6.61 Å². The van der Waals surface area contributed by atoms with Gasteiger partial charge in [0.1, 0.15) is 6.61 Å². The molecule has 0 radical (unpaired) electrons. The molecular weight excluding hydrogens is 436 g/mol. The van der Waals surface area contributed by atoms with Crippen molar-refractivity contribution in [1.29, 1.82) is 0 Å². The molecule has 2 N–H and O–H groups in total. The number of hydrogen-bond donors (Lipinski definition) is 2. The van der Waals surface area contributed by atoms with Crippen LogP contribution in [0.1, 0.15) is 42.3 Å². The van der Waals surface area contributed by atoms with Gasteiger partial charge in [-0.15, -0.1) is 0 Å². The van der Waals surface area contributed by atoms with Crippen LogP contribution in [-0.4, -0.2) is 19.1 Å². The van der Waals surface area contributed by atoms with E-state index in [9.17, 15) is 4.79 Å². The molecular formula is C27H31ClN2O3. The molecule has 0 aromatic heterocycles. The summed E-state index contributed by atoms with van der Waals surface area (Å²) in [5.74, 6) is 1.70. The minimum Gasteiger partial charge on any atom is -0.490 e. The molecule has 33 heavy (non-hydrogen) atoms. The van der Waals surface area contributed by atoms with Crippen LogP contribution in [-0.2, 0) is 13.2 Å². The van der Waals surface area contributed by atoms with Crippen LogP contribution in [0.3, 0.4) is 0 Å². The summed E-state index contributed by atoms with van der Waals surface area (Å²) in [5, 5.41) is 7.01. The second-order valence-electron chi connectivity index (χ2n) is 8.13. The van der Waals surface area contributed by atoms with Crippen molar-refractivity contribution in [2.24, 2.45) is 5.92 Å². The lowest BCUT2D eigenvalue weighted by molar-refractivity contribution is 0.0949. The zero-order valence-corrected chi connectivity index (χ0v) is 20.1. The number of ether oxygens (including phenoxy) is 2. The summed E-state index contributed by atoms with van der Waals surface area (Å²) < 4.78 is 11.8. The highest BCUT2D eigenvalue weighted by molar-refractivity contribution is 6.31. The molecule has 1 amide bonds. The lowest BCUT2D eigenvalue weighted by Gasteiger charge is -2.15. The van der Waals surface area contributed by atoms with Crippen LogP contribution in [0.2, 0.25) is 5.02 Å². The van der Waals surface area contributed by atoms with Crippen molar-refractivity contribution in [2.45, 2.75) is 33.9 Å². The molecule has 0 saturated carbocycles. The molecule has 0 heterocycles. The van der Waals surface area contributed by atoms with E-state index in [-0.39, 0.29) is 5.91 Å². The first kappa shape index (κ1) is 24.5. The molecule has 3 rings (SSSR count). The smallest absolute Gasteiger partial charge is 0.251 e. The van der Waals surface area contributed by atoms with Gasteiger partial charge in [0.15, 0.2) is 11.5 Å². The van der Waals surface area contributed by atoms with Gasteiger partial charge in [-0.3, -0.25) is 4.79 Å². The summed E-state index contributed by atoms with van der Waals surface area (Å²) in [6, 6.07) is 21.0. The average Bonchev–Trinajstić information content (AvgIpc) is 2.82. The van der Waals surface area contributed by atoms with Crippen molar-refractivity contribution in [3.8, 4) is 11.5 Å². The summed E-state index contributed by atoms with van der Waals surface area (Å²) in [5.41, 5.74) is 3.48. The molecule has 174 valence electrons. The fourth-order valence-corrected chi connectivity index (χ4v) is 3.38. The molecule has 0 saturated heterocycles. The van der Waals surface area contributed by atoms with E-state index < -0.39 is 0 Å². The van der Waals surface area contributed by atoms with Crippen molar-refractivity contribution >= 4 is 23.2 Å². The Morgan fingerprint density at radius 1 is 0.970 bits per heavy atom. The Labute approximate surface area is 201 Å². The van der Waals surface area contributed by atoms with Crippen molar-refractivity contribution in [3.63, 3.8) is 0 Å². The number of carbonyl (C=O) groups is 1. The van der Waals surface area contributed by atoms with E-state index in [0.29, 0.717) is 54.3 Å². The maximum Gasteiger partial charge on any atom is 0.251 e. The Balaban J connectivity index is 1.64. The van der Waals surface area contributed by atoms with Gasteiger partial charge in [0.2, 0.25) is 0 Å². The lowest BCUT2D eigenvalue weighted by Crippen LogP contribution is -2.27. The van der Waals surface area contributed by atoms with E-state index in [1.54, 1.807) is 0 Å². The van der Waals surface area contributed by atoms with Crippen LogP contribution in [0.4, 0.5) is 5.69 Å². The van der Waals surface area contributed by atoms with Crippen LogP contribution >= 0.6 is 11.6 Å². The van der Waals surface area contributed by atoms with E-state index in [0.717, 1.165) is 16.8 Å². The Morgan fingerprint density at radius 2 is 1.79 bits per heavy atom. The number of anilines is 1. The fourth-order valence-electron chi connectivity index (χ4n) is 3.19. The first-order chi connectivity index (χ1) is 16.0. The molecule has 0 atom stereocenters. The number of benzene rings is 3. The number of halogens is 1. The van der Waals surface area contributed by atoms with Crippen molar-refractivity contribution < 1.29 is 14.3 Å². The largest absolute Gasteiger partial charge is 0.490 e. The van der Waals surface area contributed by atoms with Crippen LogP contribution in [0.15, 0.2) is 66.7 Å². The minimum atomic E-state index is -0.0639. The summed E-state index contributed by atoms with van der Waals surface area (Å²) in [4.78, 5) is 12.3. The van der Waals surface area contributed by atoms with E-state index >= 15 is 0 Å². The first-order valence-corrected chi connectivity index (χ1v) is 11.6. The van der Waals surface area contributed by atoms with Crippen molar-refractivity contribution in [3.05, 3.63) is 88.4 Å². The number of nitrogens with one attached hydrogen (secondary N) is 2. The summed E-state index contributed by atoms with van der Waals surface area (Å²) in [7, 11) is 0. The maximum absolute atomic E-state index is 12.3. The van der Waals surface area contributed by atoms with Crippen molar-refractivity contribution in [1.82, 2.24) is 5.32 Å². The van der Waals surface area contributed by atoms with E-state index in [2.05, 4.69) is 24.5 Å². The first-order valence-electron chi connectivity index (χ1n) is 11.2. The van der Waals surface area contributed by atoms with Crippen molar-refractivity contribution in [2.75, 3.05) is 18.5 Å². The quantitative estimate of drug-likeness (QED) is 0.347. The second kappa shape index (κ2) is 12.2. The standard InChI is InChI=1S/C27H31ClN2O3/c1-4-32-26-14-20(12-13-25(26)33-18-22-8-5-6-11-24(22)28)17-29-23-10-7-9-21(15-23)27(31)30-16-19(2)3/h5-15,19,29H,4,16-18H2,1-3H3,(H,30,31). The summed E-state index contributed by atoms with van der Waals surface area (Å²) in [6.07, 6.45) is 0. The number of amides is 1. The Morgan fingerprint density at radius 3 is 2.55 bits per heavy atom. The van der Waals surface area contributed by atoms with E-state index in [1.807, 2.05) is 73.7 Å². The average molecular weight is 467 g/mol. The molecule has 5 nitrogen and oxygen atoms in total. The zero-order valence-electron chi connectivity index (χ0n) is 19.4. The van der Waals surface area contributed by atoms with Gasteiger partial charge in [-0.05, 0) is 54.8 Å². The molecule has 0 aliphatic carbocycles. The third-order valence-corrected chi connectivity index (χ3v) is 5.31. The molecule has 0 bridgehead atoms. The third kappa shape index (κ3) is 7.43. The Bertz CT molecular complexity index is 1070. The predicted octanol–water partition coefficient (Wildman–Crippen LogP) is 6.32. The van der Waals surface area contributed by atoms with E-state index in [4.69, 9.17) is 21.1 Å². The predicted molar refractivity (Wildman–Crippen MR) is 134 cm³/mol. The molecule has 6 heteroatoms. The highest BCUT2D eigenvalue weighted by atomic mass is 35.5. The topological polar surface area (TPSA) is 59.6 Å². The van der Waals surface area contributed by atoms with Gasteiger partial charge in [-0.25, -0.2) is 0 Å². The molecule has 0 fully saturated rings. The number of carbonyl (C=O) groups excluding carboxylic acids is 1. The van der Waals surface area contributed by atoms with Crippen LogP contribution in [0, 0.1) is 5.92 Å². The van der Waals surface area contributed by atoms with E-state index in [1.165, 1.54) is 0 Å². The van der Waals surface area contributed by atoms with Gasteiger partial charge in [0, 0.05) is 34.9 Å². The van der Waals surface area contributed by atoms with Gasteiger partial charge in [0.25, 0.3) is 5.91 Å². The van der Waals surface area contributed by atoms with Gasteiger partial charge < -0.3 is 20.1 Å². The Kier molecular flexibility index (Phi) is 9.02. The van der Waals surface area contributed by atoms with Crippen LogP contribution in [0.25, 0.3) is 0 Å². The number of rotatable bonds is 11. The molecule has 0 aliphatic heterocycles. The minimum absolute atomic E-state index is 0.0639. The highest BCUT2D eigenvalue weighted by Crippen LogP contribution is 2.30. The third-order valence-electron chi connectivity index (χ3n) is 4.94. The maximum atomic E-state index is 12.3. The van der Waals surface area contributed by atoms with Crippen LogP contribution < -0.4 is 20.1 Å². The lowest BCUT2D eigenvalue weighted by atomic mass is 10.1. The molecule has 0 aliphatic rings. The molecule has 3 aromatic rings. The normalized spacial score (nSPS) is 10.7. The SMILES string of the molecule is CCOc1cc(CNc2cccc(C(=O)NCC(C)C)c2)ccc1OCc1ccccc1Cl. The number of hydrogen-bond acceptors (Lipinski definition) is 4. The van der Waals surface area contributed by atoms with Gasteiger partial charge in [-0.1, -0.05) is 55.8 Å². The molecule has 0 unspecified atom stereocenters. The van der Waals surface area contributed by atoms with Gasteiger partial charge in [-0.2, -0.15) is 0 Å².